The molecule has 0 radical (unpaired) electrons. The van der Waals surface area contributed by atoms with Crippen molar-refractivity contribution >= 4 is 48.9 Å². The monoisotopic (exact) mass is 541 g/mol. The van der Waals surface area contributed by atoms with Crippen molar-refractivity contribution in [2.24, 2.45) is 0 Å². The molecule has 0 saturated carbocycles. The molecule has 6 nitrogen and oxygen atoms in total. The molecule has 3 rings (SSSR count). The number of benzene rings is 1. The van der Waals surface area contributed by atoms with Crippen LogP contribution in [0, 0.1) is 0 Å². The summed E-state index contributed by atoms with van der Waals surface area (Å²) in [5.74, 6) is 0.258. The largest absolute Gasteiger partial charge is 0.495 e. The second-order valence-electron chi connectivity index (χ2n) is 8.65. The molecule has 1 aliphatic carbocycles. The highest BCUT2D eigenvalue weighted by Crippen LogP contribution is 2.35. The van der Waals surface area contributed by atoms with Crippen molar-refractivity contribution in [1.29, 1.82) is 0 Å². The minimum atomic E-state index is -3.71. The minimum Gasteiger partial charge on any atom is -0.495 e. The van der Waals surface area contributed by atoms with Gasteiger partial charge in [0.1, 0.15) is 15.6 Å². The fourth-order valence-corrected chi connectivity index (χ4v) is 6.64. The summed E-state index contributed by atoms with van der Waals surface area (Å²) in [5.41, 5.74) is 3.16. The van der Waals surface area contributed by atoms with Crippen molar-refractivity contribution in [3.05, 3.63) is 50.8 Å². The number of hydrogen-bond donors (Lipinski definition) is 1. The van der Waals surface area contributed by atoms with Crippen LogP contribution in [0.25, 0.3) is 0 Å². The van der Waals surface area contributed by atoms with E-state index in [-0.39, 0.29) is 16.6 Å². The molecule has 1 aliphatic rings. The van der Waals surface area contributed by atoms with E-state index in [1.807, 2.05) is 32.9 Å². The van der Waals surface area contributed by atoms with Gasteiger partial charge in [0, 0.05) is 0 Å². The number of carbonyl (C=O) groups is 1. The number of hydrogen-bond acceptors (Lipinski definition) is 6. The van der Waals surface area contributed by atoms with Gasteiger partial charge in [0.05, 0.1) is 23.0 Å². The number of halogens is 1. The molecule has 0 bridgehead atoms. The van der Waals surface area contributed by atoms with Crippen molar-refractivity contribution in [2.45, 2.75) is 62.7 Å². The standard InChI is InChI=1S/C23H28BrNO5S2/c1-23(2,3)30-21(26)12-15-6-5-7-16-13-18(19(29-4)14-17(16)9-8-15)25-32(27,28)22-11-10-20(24)31-22/h6,10-11,13-14,25H,5,7-9,12H2,1-4H3/b15-6+. The van der Waals surface area contributed by atoms with Gasteiger partial charge in [-0.1, -0.05) is 11.6 Å². The predicted molar refractivity (Wildman–Crippen MR) is 131 cm³/mol. The van der Waals surface area contributed by atoms with Crippen LogP contribution in [0.1, 0.15) is 51.2 Å². The van der Waals surface area contributed by atoms with E-state index in [4.69, 9.17) is 9.47 Å². The van der Waals surface area contributed by atoms with Crippen LogP contribution in [0.3, 0.4) is 0 Å². The van der Waals surface area contributed by atoms with E-state index in [0.29, 0.717) is 11.4 Å². The van der Waals surface area contributed by atoms with Gasteiger partial charge in [-0.2, -0.15) is 0 Å². The van der Waals surface area contributed by atoms with E-state index < -0.39 is 15.6 Å². The third kappa shape index (κ3) is 6.59. The first kappa shape index (κ1) is 24.8. The van der Waals surface area contributed by atoms with E-state index in [9.17, 15) is 13.2 Å². The van der Waals surface area contributed by atoms with Gasteiger partial charge in [-0.15, -0.1) is 11.3 Å². The van der Waals surface area contributed by atoms with Gasteiger partial charge in [-0.25, -0.2) is 8.42 Å². The number of carbonyl (C=O) groups excluding carboxylic acids is 1. The maximum Gasteiger partial charge on any atom is 0.310 e. The molecule has 1 aromatic heterocycles. The second kappa shape index (κ2) is 9.97. The van der Waals surface area contributed by atoms with Crippen LogP contribution in [-0.4, -0.2) is 27.1 Å². The van der Waals surface area contributed by atoms with Crippen LogP contribution in [-0.2, 0) is 32.4 Å². The Morgan fingerprint density at radius 2 is 1.88 bits per heavy atom. The molecule has 0 atom stereocenters. The Hall–Kier alpha value is -1.84. The second-order valence-corrected chi connectivity index (χ2v) is 13.0. The summed E-state index contributed by atoms with van der Waals surface area (Å²) in [7, 11) is -2.18. The smallest absolute Gasteiger partial charge is 0.310 e. The van der Waals surface area contributed by atoms with E-state index in [1.165, 1.54) is 7.11 Å². The molecule has 1 N–H and O–H groups in total. The Morgan fingerprint density at radius 1 is 1.16 bits per heavy atom. The SMILES string of the molecule is COc1cc2c(cc1NS(=O)(=O)c1ccc(Br)s1)CC/C=C(/CC(=O)OC(C)(C)C)CC2. The lowest BCUT2D eigenvalue weighted by molar-refractivity contribution is -0.153. The average Bonchev–Trinajstić information content (AvgIpc) is 3.10. The first-order chi connectivity index (χ1) is 15.0. The van der Waals surface area contributed by atoms with Gasteiger partial charge in [0.2, 0.25) is 0 Å². The number of allylic oxidation sites excluding steroid dienone is 1. The number of esters is 1. The van der Waals surface area contributed by atoms with Crippen molar-refractivity contribution in [1.82, 2.24) is 0 Å². The molecule has 0 spiro atoms. The number of thiophene rings is 1. The van der Waals surface area contributed by atoms with Gasteiger partial charge >= 0.3 is 5.97 Å². The van der Waals surface area contributed by atoms with Crippen LogP contribution in [0.15, 0.2) is 43.9 Å². The third-order valence-electron chi connectivity index (χ3n) is 4.93. The Labute approximate surface area is 202 Å². The number of sulfonamides is 1. The first-order valence-electron chi connectivity index (χ1n) is 10.3. The van der Waals surface area contributed by atoms with E-state index in [0.717, 1.165) is 57.5 Å². The normalized spacial score (nSPS) is 16.2. The topological polar surface area (TPSA) is 81.7 Å². The molecule has 2 aromatic rings. The van der Waals surface area contributed by atoms with Crippen molar-refractivity contribution < 1.29 is 22.7 Å². The maximum absolute atomic E-state index is 12.8. The highest BCUT2D eigenvalue weighted by molar-refractivity contribution is 9.11. The molecule has 1 aromatic carbocycles. The summed E-state index contributed by atoms with van der Waals surface area (Å²) in [4.78, 5) is 12.2. The molecule has 0 saturated heterocycles. The number of ether oxygens (including phenoxy) is 2. The zero-order valence-electron chi connectivity index (χ0n) is 18.7. The van der Waals surface area contributed by atoms with Crippen molar-refractivity contribution in [3.8, 4) is 5.75 Å². The number of anilines is 1. The van der Waals surface area contributed by atoms with Gasteiger partial charge in [0.15, 0.2) is 0 Å². The minimum absolute atomic E-state index is 0.216. The van der Waals surface area contributed by atoms with Crippen molar-refractivity contribution in [3.63, 3.8) is 0 Å². The first-order valence-corrected chi connectivity index (χ1v) is 13.4. The van der Waals surface area contributed by atoms with Crippen LogP contribution in [0.5, 0.6) is 5.75 Å². The summed E-state index contributed by atoms with van der Waals surface area (Å²) in [6.07, 6.45) is 5.38. The Morgan fingerprint density at radius 3 is 2.50 bits per heavy atom. The molecular formula is C23H28BrNO5S2. The average molecular weight is 543 g/mol. The molecule has 32 heavy (non-hydrogen) atoms. The van der Waals surface area contributed by atoms with Crippen LogP contribution >= 0.6 is 27.3 Å². The lowest BCUT2D eigenvalue weighted by Crippen LogP contribution is -2.24. The summed E-state index contributed by atoms with van der Waals surface area (Å²) < 4.78 is 40.2. The summed E-state index contributed by atoms with van der Waals surface area (Å²) >= 11 is 4.45. The van der Waals surface area contributed by atoms with Gasteiger partial charge in [-0.05, 0) is 97.8 Å². The molecule has 9 heteroatoms. The molecule has 0 fully saturated rings. The zero-order valence-corrected chi connectivity index (χ0v) is 21.9. The summed E-state index contributed by atoms with van der Waals surface area (Å²) in [6.45, 7) is 5.59. The third-order valence-corrected chi connectivity index (χ3v) is 8.41. The summed E-state index contributed by atoms with van der Waals surface area (Å²) in [5, 5.41) is 0. The lowest BCUT2D eigenvalue weighted by Gasteiger charge is -2.21. The fraction of sp³-hybridized carbons (Fsp3) is 0.435. The molecular weight excluding hydrogens is 514 g/mol. The quantitative estimate of drug-likeness (QED) is 0.366. The lowest BCUT2D eigenvalue weighted by atomic mass is 9.91. The highest BCUT2D eigenvalue weighted by Gasteiger charge is 2.22. The van der Waals surface area contributed by atoms with E-state index in [1.54, 1.807) is 12.1 Å². The number of nitrogens with one attached hydrogen (secondary N) is 1. The number of rotatable bonds is 6. The van der Waals surface area contributed by atoms with Crippen LogP contribution < -0.4 is 9.46 Å². The number of methoxy groups -OCH3 is 1. The highest BCUT2D eigenvalue weighted by atomic mass is 79.9. The number of aryl methyl sites for hydroxylation is 2. The fourth-order valence-electron chi connectivity index (χ4n) is 3.57. The zero-order chi connectivity index (χ0) is 23.5. The maximum atomic E-state index is 12.8. The Kier molecular flexibility index (Phi) is 7.73. The predicted octanol–water partition coefficient (Wildman–Crippen LogP) is 5.86. The number of fused-ring (bicyclic) bond motifs is 1. The van der Waals surface area contributed by atoms with Gasteiger partial charge in [0.25, 0.3) is 10.0 Å². The van der Waals surface area contributed by atoms with E-state index >= 15 is 0 Å². The Balaban J connectivity index is 1.78. The molecule has 1 heterocycles. The van der Waals surface area contributed by atoms with Crippen LogP contribution in [0.2, 0.25) is 0 Å². The van der Waals surface area contributed by atoms with Crippen LogP contribution in [0.4, 0.5) is 5.69 Å². The van der Waals surface area contributed by atoms with Gasteiger partial charge < -0.3 is 9.47 Å². The molecule has 0 unspecified atom stereocenters. The molecule has 0 aliphatic heterocycles. The summed E-state index contributed by atoms with van der Waals surface area (Å²) in [6, 6.07) is 7.03. The molecule has 174 valence electrons. The Bertz CT molecular complexity index is 1130. The van der Waals surface area contributed by atoms with Crippen molar-refractivity contribution in [2.75, 3.05) is 11.8 Å². The molecule has 0 amide bonds. The van der Waals surface area contributed by atoms with Gasteiger partial charge in [-0.3, -0.25) is 9.52 Å². The van der Waals surface area contributed by atoms with E-state index in [2.05, 4.69) is 26.7 Å².